The summed E-state index contributed by atoms with van der Waals surface area (Å²) in [4.78, 5) is 53.2. The van der Waals surface area contributed by atoms with Gasteiger partial charge in [-0.2, -0.15) is 11.8 Å². The highest BCUT2D eigenvalue weighted by Crippen LogP contribution is 2.31. The molecule has 2 atom stereocenters. The van der Waals surface area contributed by atoms with Crippen molar-refractivity contribution >= 4 is 35.3 Å². The van der Waals surface area contributed by atoms with E-state index in [1.807, 2.05) is 18.2 Å². The molecule has 0 bridgehead atoms. The highest BCUT2D eigenvalue weighted by Gasteiger charge is 2.51. The Morgan fingerprint density at radius 2 is 1.75 bits per heavy atom. The molecule has 0 aromatic heterocycles. The minimum absolute atomic E-state index is 0.0263. The van der Waals surface area contributed by atoms with Gasteiger partial charge < -0.3 is 15.5 Å². The Morgan fingerprint density at radius 3 is 2.50 bits per heavy atom. The van der Waals surface area contributed by atoms with E-state index in [2.05, 4.69) is 12.1 Å². The van der Waals surface area contributed by atoms with Gasteiger partial charge in [0.2, 0.25) is 11.8 Å². The van der Waals surface area contributed by atoms with Gasteiger partial charge in [0, 0.05) is 35.6 Å². The predicted octanol–water partition coefficient (Wildman–Crippen LogP) is 2.10. The molecule has 4 rings (SSSR count). The van der Waals surface area contributed by atoms with Crippen LogP contribution in [0.2, 0.25) is 0 Å². The van der Waals surface area contributed by atoms with Crippen LogP contribution in [0.4, 0.5) is 0 Å². The maximum Gasteiger partial charge on any atom is 0.254 e. The van der Waals surface area contributed by atoms with Gasteiger partial charge in [-0.1, -0.05) is 36.4 Å². The van der Waals surface area contributed by atoms with Crippen LogP contribution in [-0.2, 0) is 15.3 Å². The summed E-state index contributed by atoms with van der Waals surface area (Å²) in [6.45, 7) is 0.440. The maximum absolute atomic E-state index is 13.0. The third-order valence-corrected chi connectivity index (χ3v) is 7.00. The average Bonchev–Trinajstić information content (AvgIpc) is 3.38. The lowest BCUT2D eigenvalue weighted by Crippen LogP contribution is -2.43. The summed E-state index contributed by atoms with van der Waals surface area (Å²) in [5.41, 5.74) is 7.09. The van der Waals surface area contributed by atoms with E-state index in [9.17, 15) is 19.2 Å². The molecule has 0 aliphatic carbocycles. The molecule has 7 nitrogen and oxygen atoms in total. The molecule has 32 heavy (non-hydrogen) atoms. The first kappa shape index (κ1) is 22.1. The van der Waals surface area contributed by atoms with Crippen molar-refractivity contribution in [1.29, 1.82) is 0 Å². The third-order valence-electron chi connectivity index (χ3n) is 5.97. The average molecular weight is 452 g/mol. The van der Waals surface area contributed by atoms with Crippen LogP contribution >= 0.6 is 11.8 Å². The summed E-state index contributed by atoms with van der Waals surface area (Å²) >= 11 is 1.69. The lowest BCUT2D eigenvalue weighted by Gasteiger charge is -2.24. The molecular weight excluding hydrogens is 426 g/mol. The SMILES string of the molecule is NC(=O)c1cccc(C(=O)N2CC(=O)C3C2CCN3C(=O)CCSCc2ccccc2)c1. The number of benzene rings is 2. The number of amides is 3. The number of carbonyl (C=O) groups excluding carboxylic acids is 4. The smallest absolute Gasteiger partial charge is 0.254 e. The molecule has 166 valence electrons. The van der Waals surface area contributed by atoms with Crippen LogP contribution in [0.1, 0.15) is 39.1 Å². The molecular formula is C24H25N3O4S. The Morgan fingerprint density at radius 1 is 1.00 bits per heavy atom. The van der Waals surface area contributed by atoms with Crippen LogP contribution < -0.4 is 5.73 Å². The largest absolute Gasteiger partial charge is 0.366 e. The number of ketones is 1. The van der Waals surface area contributed by atoms with Crippen LogP contribution in [0.3, 0.4) is 0 Å². The van der Waals surface area contributed by atoms with Crippen LogP contribution in [0.5, 0.6) is 0 Å². The zero-order valence-corrected chi connectivity index (χ0v) is 18.4. The Kier molecular flexibility index (Phi) is 6.60. The highest BCUT2D eigenvalue weighted by atomic mass is 32.2. The quantitative estimate of drug-likeness (QED) is 0.650. The lowest BCUT2D eigenvalue weighted by atomic mass is 10.1. The number of fused-ring (bicyclic) bond motifs is 1. The molecule has 2 aliphatic rings. The van der Waals surface area contributed by atoms with Gasteiger partial charge in [0.25, 0.3) is 5.91 Å². The lowest BCUT2D eigenvalue weighted by molar-refractivity contribution is -0.136. The van der Waals surface area contributed by atoms with E-state index >= 15 is 0 Å². The van der Waals surface area contributed by atoms with Gasteiger partial charge in [0.1, 0.15) is 6.04 Å². The molecule has 8 heteroatoms. The van der Waals surface area contributed by atoms with Gasteiger partial charge in [-0.05, 0) is 30.2 Å². The van der Waals surface area contributed by atoms with E-state index in [1.54, 1.807) is 34.9 Å². The Bertz CT molecular complexity index is 1040. The van der Waals surface area contributed by atoms with Gasteiger partial charge in [-0.25, -0.2) is 0 Å². The van der Waals surface area contributed by atoms with Crippen molar-refractivity contribution in [1.82, 2.24) is 9.80 Å². The van der Waals surface area contributed by atoms with E-state index in [0.29, 0.717) is 30.7 Å². The number of thioether (sulfide) groups is 1. The fourth-order valence-electron chi connectivity index (χ4n) is 4.41. The number of carbonyl (C=O) groups is 4. The molecule has 2 saturated heterocycles. The van der Waals surface area contributed by atoms with E-state index in [-0.39, 0.29) is 35.7 Å². The topological polar surface area (TPSA) is 101 Å². The van der Waals surface area contributed by atoms with Gasteiger partial charge in [-0.15, -0.1) is 0 Å². The summed E-state index contributed by atoms with van der Waals surface area (Å²) < 4.78 is 0. The molecule has 2 unspecified atom stereocenters. The van der Waals surface area contributed by atoms with Gasteiger partial charge in [0.05, 0.1) is 12.6 Å². The predicted molar refractivity (Wildman–Crippen MR) is 122 cm³/mol. The molecule has 2 fully saturated rings. The fraction of sp³-hybridized carbons (Fsp3) is 0.333. The molecule has 2 aliphatic heterocycles. The normalized spacial score (nSPS) is 19.8. The zero-order chi connectivity index (χ0) is 22.7. The molecule has 2 aromatic carbocycles. The number of nitrogens with zero attached hydrogens (tertiary/aromatic N) is 2. The molecule has 0 spiro atoms. The van der Waals surface area contributed by atoms with Crippen LogP contribution in [0.25, 0.3) is 0 Å². The van der Waals surface area contributed by atoms with Crippen molar-refractivity contribution in [3.8, 4) is 0 Å². The number of likely N-dealkylation sites (tertiary alicyclic amines) is 2. The van der Waals surface area contributed by atoms with Crippen molar-refractivity contribution in [2.24, 2.45) is 5.73 Å². The second-order valence-electron chi connectivity index (χ2n) is 8.02. The van der Waals surface area contributed by atoms with Crippen molar-refractivity contribution in [3.63, 3.8) is 0 Å². The monoisotopic (exact) mass is 451 g/mol. The zero-order valence-electron chi connectivity index (χ0n) is 17.6. The second kappa shape index (κ2) is 9.56. The van der Waals surface area contributed by atoms with Crippen molar-refractivity contribution < 1.29 is 19.2 Å². The first-order chi connectivity index (χ1) is 15.5. The number of Topliss-reactive ketones (excluding diaryl/α,β-unsaturated/α-hetero) is 1. The van der Waals surface area contributed by atoms with Crippen LogP contribution in [-0.4, -0.2) is 64.2 Å². The number of hydrogen-bond acceptors (Lipinski definition) is 5. The van der Waals surface area contributed by atoms with Crippen molar-refractivity contribution in [2.75, 3.05) is 18.8 Å². The van der Waals surface area contributed by atoms with Gasteiger partial charge >= 0.3 is 0 Å². The molecule has 2 N–H and O–H groups in total. The van der Waals surface area contributed by atoms with Gasteiger partial charge in [0.15, 0.2) is 5.78 Å². The van der Waals surface area contributed by atoms with E-state index < -0.39 is 11.9 Å². The van der Waals surface area contributed by atoms with Crippen molar-refractivity contribution in [2.45, 2.75) is 30.7 Å². The minimum Gasteiger partial charge on any atom is -0.366 e. The highest BCUT2D eigenvalue weighted by molar-refractivity contribution is 7.98. The Balaban J connectivity index is 1.36. The summed E-state index contributed by atoms with van der Waals surface area (Å²) in [6.07, 6.45) is 0.934. The van der Waals surface area contributed by atoms with Crippen molar-refractivity contribution in [3.05, 3.63) is 71.3 Å². The number of rotatable bonds is 7. The van der Waals surface area contributed by atoms with Crippen LogP contribution in [0.15, 0.2) is 54.6 Å². The Labute approximate surface area is 190 Å². The van der Waals surface area contributed by atoms with E-state index in [1.165, 1.54) is 16.5 Å². The maximum atomic E-state index is 13.0. The fourth-order valence-corrected chi connectivity index (χ4v) is 5.30. The molecule has 0 saturated carbocycles. The first-order valence-electron chi connectivity index (χ1n) is 10.6. The minimum atomic E-state index is -0.613. The third kappa shape index (κ3) is 4.55. The first-order valence-corrected chi connectivity index (χ1v) is 11.8. The van der Waals surface area contributed by atoms with E-state index in [0.717, 1.165) is 5.75 Å². The Hall–Kier alpha value is -3.13. The summed E-state index contributed by atoms with van der Waals surface area (Å²) in [7, 11) is 0. The summed E-state index contributed by atoms with van der Waals surface area (Å²) in [5.74, 6) is 0.428. The standard InChI is InChI=1S/C24H25N3O4S/c25-23(30)17-7-4-8-18(13-17)24(31)27-14-20(28)22-19(27)9-11-26(22)21(29)10-12-32-15-16-5-2-1-3-6-16/h1-8,13,19,22H,9-12,14-15H2,(H2,25,30). The number of hydrogen-bond donors (Lipinski definition) is 1. The number of nitrogens with two attached hydrogens (primary N) is 1. The van der Waals surface area contributed by atoms with Crippen LogP contribution in [0, 0.1) is 0 Å². The van der Waals surface area contributed by atoms with E-state index in [4.69, 9.17) is 5.73 Å². The molecule has 2 aromatic rings. The summed E-state index contributed by atoms with van der Waals surface area (Å²) in [5, 5.41) is 0. The molecule has 0 radical (unpaired) electrons. The summed E-state index contributed by atoms with van der Waals surface area (Å²) in [6, 6.07) is 15.4. The molecule has 2 heterocycles. The molecule has 3 amide bonds. The second-order valence-corrected chi connectivity index (χ2v) is 9.13. The van der Waals surface area contributed by atoms with Gasteiger partial charge in [-0.3, -0.25) is 19.2 Å². The number of primary amides is 1.